The standard InChI is InChI=1S/C14H14ClN3/c1-9-4-5-10(2)11(8-9)14-17-13(15)12(6-7-16)18(14)3/h4-5,8H,6H2,1-3H3. The van der Waals surface area contributed by atoms with Crippen molar-refractivity contribution in [3.05, 3.63) is 40.2 Å². The molecule has 18 heavy (non-hydrogen) atoms. The molecule has 1 aromatic heterocycles. The van der Waals surface area contributed by atoms with Crippen molar-refractivity contribution >= 4 is 11.6 Å². The van der Waals surface area contributed by atoms with Crippen LogP contribution < -0.4 is 0 Å². The Hall–Kier alpha value is -1.79. The Morgan fingerprint density at radius 2 is 2.11 bits per heavy atom. The monoisotopic (exact) mass is 259 g/mol. The van der Waals surface area contributed by atoms with Crippen LogP contribution in [0, 0.1) is 25.2 Å². The van der Waals surface area contributed by atoms with Crippen LogP contribution in [-0.2, 0) is 13.5 Å². The second-order valence-electron chi connectivity index (χ2n) is 4.39. The van der Waals surface area contributed by atoms with E-state index >= 15 is 0 Å². The van der Waals surface area contributed by atoms with Crippen molar-refractivity contribution in [2.24, 2.45) is 7.05 Å². The third-order valence-corrected chi connectivity index (χ3v) is 3.35. The van der Waals surface area contributed by atoms with Crippen LogP contribution >= 0.6 is 11.6 Å². The number of aryl methyl sites for hydroxylation is 2. The molecule has 1 aromatic carbocycles. The minimum absolute atomic E-state index is 0.271. The fraction of sp³-hybridized carbons (Fsp3) is 0.286. The quantitative estimate of drug-likeness (QED) is 0.829. The normalized spacial score (nSPS) is 10.4. The molecule has 0 N–H and O–H groups in total. The van der Waals surface area contributed by atoms with Crippen molar-refractivity contribution in [1.82, 2.24) is 9.55 Å². The van der Waals surface area contributed by atoms with E-state index < -0.39 is 0 Å². The van der Waals surface area contributed by atoms with Crippen LogP contribution in [-0.4, -0.2) is 9.55 Å². The maximum absolute atomic E-state index is 8.80. The van der Waals surface area contributed by atoms with Crippen molar-refractivity contribution in [2.75, 3.05) is 0 Å². The molecule has 0 saturated carbocycles. The summed E-state index contributed by atoms with van der Waals surface area (Å²) in [6.45, 7) is 4.09. The summed E-state index contributed by atoms with van der Waals surface area (Å²) in [4.78, 5) is 4.38. The average molecular weight is 260 g/mol. The van der Waals surface area contributed by atoms with Gasteiger partial charge in [0.05, 0.1) is 18.2 Å². The highest BCUT2D eigenvalue weighted by Gasteiger charge is 2.15. The van der Waals surface area contributed by atoms with E-state index in [1.165, 1.54) is 5.56 Å². The van der Waals surface area contributed by atoms with E-state index in [0.717, 1.165) is 22.6 Å². The lowest BCUT2D eigenvalue weighted by Crippen LogP contribution is -1.99. The molecule has 0 spiro atoms. The first-order valence-corrected chi connectivity index (χ1v) is 6.08. The van der Waals surface area contributed by atoms with Crippen LogP contribution in [0.4, 0.5) is 0 Å². The van der Waals surface area contributed by atoms with Crippen LogP contribution in [0.2, 0.25) is 5.15 Å². The molecule has 0 radical (unpaired) electrons. The highest BCUT2D eigenvalue weighted by Crippen LogP contribution is 2.27. The lowest BCUT2D eigenvalue weighted by Gasteiger charge is -2.08. The molecule has 2 aromatic rings. The van der Waals surface area contributed by atoms with Crippen molar-refractivity contribution in [3.63, 3.8) is 0 Å². The molecule has 0 unspecified atom stereocenters. The number of halogens is 1. The summed E-state index contributed by atoms with van der Waals surface area (Å²) in [5, 5.41) is 9.21. The minimum Gasteiger partial charge on any atom is -0.329 e. The molecular formula is C14H14ClN3. The van der Waals surface area contributed by atoms with Gasteiger partial charge in [-0.05, 0) is 25.5 Å². The summed E-state index contributed by atoms with van der Waals surface area (Å²) in [5.41, 5.74) is 4.14. The van der Waals surface area contributed by atoms with Gasteiger partial charge in [0.25, 0.3) is 0 Å². The first-order valence-electron chi connectivity index (χ1n) is 5.70. The predicted molar refractivity (Wildman–Crippen MR) is 72.4 cm³/mol. The molecular weight excluding hydrogens is 246 g/mol. The first-order chi connectivity index (χ1) is 8.54. The van der Waals surface area contributed by atoms with Crippen molar-refractivity contribution in [3.8, 4) is 17.5 Å². The topological polar surface area (TPSA) is 41.6 Å². The Bertz CT molecular complexity index is 635. The van der Waals surface area contributed by atoms with Crippen LogP contribution in [0.15, 0.2) is 18.2 Å². The number of rotatable bonds is 2. The number of benzene rings is 1. The van der Waals surface area contributed by atoms with Crippen molar-refractivity contribution in [1.29, 1.82) is 5.26 Å². The molecule has 1 heterocycles. The molecule has 2 rings (SSSR count). The fourth-order valence-electron chi connectivity index (χ4n) is 1.98. The summed E-state index contributed by atoms with van der Waals surface area (Å²) in [6, 6.07) is 8.33. The number of hydrogen-bond donors (Lipinski definition) is 0. The van der Waals surface area contributed by atoms with Gasteiger partial charge in [0.1, 0.15) is 5.82 Å². The molecule has 0 aliphatic rings. The summed E-state index contributed by atoms with van der Waals surface area (Å²) >= 11 is 6.09. The van der Waals surface area contributed by atoms with Crippen LogP contribution in [0.3, 0.4) is 0 Å². The van der Waals surface area contributed by atoms with E-state index in [1.807, 2.05) is 25.5 Å². The predicted octanol–water partition coefficient (Wildman–Crippen LogP) is 3.42. The van der Waals surface area contributed by atoms with Gasteiger partial charge in [-0.25, -0.2) is 4.98 Å². The number of nitrogens with zero attached hydrogens (tertiary/aromatic N) is 3. The van der Waals surface area contributed by atoms with Crippen LogP contribution in [0.5, 0.6) is 0 Å². The molecule has 0 fully saturated rings. The zero-order valence-corrected chi connectivity index (χ0v) is 11.4. The Labute approximate surface area is 112 Å². The Balaban J connectivity index is 2.62. The SMILES string of the molecule is Cc1ccc(C)c(-c2nc(Cl)c(CC#N)n2C)c1. The largest absolute Gasteiger partial charge is 0.329 e. The molecule has 3 nitrogen and oxygen atoms in total. The van der Waals surface area contributed by atoms with Crippen LogP contribution in [0.25, 0.3) is 11.4 Å². The molecule has 0 aliphatic carbocycles. The Kier molecular flexibility index (Phi) is 3.40. The van der Waals surface area contributed by atoms with Gasteiger partial charge in [-0.2, -0.15) is 5.26 Å². The fourth-order valence-corrected chi connectivity index (χ4v) is 2.26. The van der Waals surface area contributed by atoms with Gasteiger partial charge in [0.15, 0.2) is 5.15 Å². The molecule has 0 bridgehead atoms. The first kappa shape index (κ1) is 12.7. The van der Waals surface area contributed by atoms with E-state index in [9.17, 15) is 0 Å². The van der Waals surface area contributed by atoms with E-state index in [-0.39, 0.29) is 6.42 Å². The molecule has 0 atom stereocenters. The Morgan fingerprint density at radius 1 is 1.39 bits per heavy atom. The van der Waals surface area contributed by atoms with Gasteiger partial charge in [0, 0.05) is 12.6 Å². The number of imidazole rings is 1. The lowest BCUT2D eigenvalue weighted by molar-refractivity contribution is 0.863. The summed E-state index contributed by atoms with van der Waals surface area (Å²) in [5.74, 6) is 0.812. The summed E-state index contributed by atoms with van der Waals surface area (Å²) < 4.78 is 1.90. The van der Waals surface area contributed by atoms with E-state index in [2.05, 4.69) is 29.3 Å². The molecule has 4 heteroatoms. The highest BCUT2D eigenvalue weighted by molar-refractivity contribution is 6.30. The van der Waals surface area contributed by atoms with Gasteiger partial charge in [0.2, 0.25) is 0 Å². The van der Waals surface area contributed by atoms with Gasteiger partial charge in [-0.3, -0.25) is 0 Å². The maximum Gasteiger partial charge on any atom is 0.152 e. The zero-order valence-electron chi connectivity index (χ0n) is 10.7. The third-order valence-electron chi connectivity index (χ3n) is 3.05. The van der Waals surface area contributed by atoms with Gasteiger partial charge in [-0.15, -0.1) is 0 Å². The molecule has 0 saturated heterocycles. The van der Waals surface area contributed by atoms with Crippen LogP contribution in [0.1, 0.15) is 16.8 Å². The van der Waals surface area contributed by atoms with Crippen molar-refractivity contribution < 1.29 is 0 Å². The maximum atomic E-state index is 8.80. The van der Waals surface area contributed by atoms with Crippen molar-refractivity contribution in [2.45, 2.75) is 20.3 Å². The Morgan fingerprint density at radius 3 is 2.78 bits per heavy atom. The molecule has 92 valence electrons. The zero-order chi connectivity index (χ0) is 13.3. The molecule has 0 aliphatic heterocycles. The molecule has 0 amide bonds. The average Bonchev–Trinajstić information content (AvgIpc) is 2.61. The summed E-state index contributed by atoms with van der Waals surface area (Å²) in [6.07, 6.45) is 0.271. The number of hydrogen-bond acceptors (Lipinski definition) is 2. The third kappa shape index (κ3) is 2.12. The highest BCUT2D eigenvalue weighted by atomic mass is 35.5. The summed E-state index contributed by atoms with van der Waals surface area (Å²) in [7, 11) is 1.89. The second-order valence-corrected chi connectivity index (χ2v) is 4.74. The lowest BCUT2D eigenvalue weighted by atomic mass is 10.1. The van der Waals surface area contributed by atoms with E-state index in [1.54, 1.807) is 0 Å². The smallest absolute Gasteiger partial charge is 0.152 e. The van der Waals surface area contributed by atoms with E-state index in [4.69, 9.17) is 16.9 Å². The van der Waals surface area contributed by atoms with Gasteiger partial charge < -0.3 is 4.57 Å². The second kappa shape index (κ2) is 4.83. The van der Waals surface area contributed by atoms with Gasteiger partial charge in [-0.1, -0.05) is 29.3 Å². The van der Waals surface area contributed by atoms with E-state index in [0.29, 0.717) is 5.15 Å². The number of nitriles is 1. The minimum atomic E-state index is 0.271. The van der Waals surface area contributed by atoms with Gasteiger partial charge >= 0.3 is 0 Å². The number of aromatic nitrogens is 2.